The number of nitrogens with zero attached hydrogens (tertiary/aromatic N) is 4. The molecule has 152 valence electrons. The van der Waals surface area contributed by atoms with Crippen molar-refractivity contribution in [1.82, 2.24) is 14.5 Å². The van der Waals surface area contributed by atoms with Gasteiger partial charge in [-0.05, 0) is 30.5 Å². The van der Waals surface area contributed by atoms with Crippen molar-refractivity contribution < 1.29 is 14.4 Å². The molecule has 2 aliphatic heterocycles. The second-order valence-electron chi connectivity index (χ2n) is 7.61. The number of ketones is 1. The Labute approximate surface area is 174 Å². The van der Waals surface area contributed by atoms with E-state index in [0.29, 0.717) is 36.8 Å². The molecule has 8 heteroatoms. The Bertz CT molecular complexity index is 955. The van der Waals surface area contributed by atoms with Crippen molar-refractivity contribution in [1.29, 1.82) is 0 Å². The monoisotopic (exact) mass is 414 g/mol. The highest BCUT2D eigenvalue weighted by atomic mass is 35.5. The Kier molecular flexibility index (Phi) is 5.67. The normalized spacial score (nSPS) is 21.6. The summed E-state index contributed by atoms with van der Waals surface area (Å²) in [5.41, 5.74) is 1.86. The smallest absolute Gasteiger partial charge is 0.266 e. The van der Waals surface area contributed by atoms with Gasteiger partial charge in [0.25, 0.3) is 5.91 Å². The van der Waals surface area contributed by atoms with Crippen molar-refractivity contribution in [2.24, 2.45) is 18.1 Å². The lowest BCUT2D eigenvalue weighted by molar-refractivity contribution is -0.143. The van der Waals surface area contributed by atoms with E-state index in [1.54, 1.807) is 28.9 Å². The summed E-state index contributed by atoms with van der Waals surface area (Å²) in [6, 6.07) is 7.58. The summed E-state index contributed by atoms with van der Waals surface area (Å²) in [5.74, 6) is 0.0861. The third-order valence-corrected chi connectivity index (χ3v) is 5.68. The van der Waals surface area contributed by atoms with Gasteiger partial charge in [-0.25, -0.2) is 4.98 Å². The molecular formula is C21H23ClN4O3. The lowest BCUT2D eigenvalue weighted by Gasteiger charge is -2.32. The molecule has 1 aromatic heterocycles. The first kappa shape index (κ1) is 19.6. The van der Waals surface area contributed by atoms with E-state index in [-0.39, 0.29) is 17.6 Å². The highest BCUT2D eigenvalue weighted by Crippen LogP contribution is 2.24. The second-order valence-corrected chi connectivity index (χ2v) is 8.05. The summed E-state index contributed by atoms with van der Waals surface area (Å²) in [5, 5.41) is 4.78. The number of hydrogen-bond acceptors (Lipinski definition) is 5. The molecule has 0 bridgehead atoms. The van der Waals surface area contributed by atoms with Crippen LogP contribution in [0.1, 0.15) is 35.4 Å². The second kappa shape index (κ2) is 8.37. The minimum atomic E-state index is -0.619. The lowest BCUT2D eigenvalue weighted by Crippen LogP contribution is -2.46. The molecule has 2 aliphatic rings. The Hall–Kier alpha value is -2.67. The van der Waals surface area contributed by atoms with Crippen molar-refractivity contribution in [3.63, 3.8) is 0 Å². The van der Waals surface area contributed by atoms with Crippen LogP contribution in [-0.2, 0) is 23.1 Å². The summed E-state index contributed by atoms with van der Waals surface area (Å²) in [4.78, 5) is 37.0. The van der Waals surface area contributed by atoms with Crippen LogP contribution < -0.4 is 0 Å². The van der Waals surface area contributed by atoms with Crippen molar-refractivity contribution >= 4 is 29.0 Å². The van der Waals surface area contributed by atoms with Gasteiger partial charge >= 0.3 is 0 Å². The minimum absolute atomic E-state index is 0.0137. The number of rotatable bonds is 5. The van der Waals surface area contributed by atoms with Gasteiger partial charge in [0, 0.05) is 56.3 Å². The highest BCUT2D eigenvalue weighted by molar-refractivity contribution is 6.30. The van der Waals surface area contributed by atoms with Crippen molar-refractivity contribution in [2.45, 2.75) is 31.8 Å². The Balaban J connectivity index is 1.35. The number of Topliss-reactive ketones (excluding diaryl/α,β-unsaturated/α-hetero) is 1. The first-order chi connectivity index (χ1) is 14.0. The van der Waals surface area contributed by atoms with Crippen molar-refractivity contribution in [3.8, 4) is 0 Å². The van der Waals surface area contributed by atoms with Gasteiger partial charge in [-0.15, -0.1) is 0 Å². The zero-order valence-corrected chi connectivity index (χ0v) is 17.0. The van der Waals surface area contributed by atoms with Crippen molar-refractivity contribution in [3.05, 3.63) is 53.1 Å². The standard InChI is InChI=1S/C21H23ClN4O3/c1-25-9-7-23-20(25)19(27)15-5-3-8-26(13-15)21(28)18-12-17(24-29-18)11-14-4-2-6-16(22)10-14/h2,4,6-7,9-10,15,18H,3,5,8,11-13H2,1H3/t15-,18+/m1/s1. The quantitative estimate of drug-likeness (QED) is 0.705. The number of hydrogen-bond donors (Lipinski definition) is 0. The molecule has 7 nitrogen and oxygen atoms in total. The minimum Gasteiger partial charge on any atom is -0.382 e. The van der Waals surface area contributed by atoms with Crippen LogP contribution in [0.4, 0.5) is 0 Å². The Morgan fingerprint density at radius 3 is 2.97 bits per heavy atom. The molecule has 29 heavy (non-hydrogen) atoms. The number of amides is 1. The Morgan fingerprint density at radius 2 is 2.21 bits per heavy atom. The van der Waals surface area contributed by atoms with Gasteiger partial charge in [0.05, 0.1) is 5.71 Å². The number of halogens is 1. The topological polar surface area (TPSA) is 76.8 Å². The highest BCUT2D eigenvalue weighted by Gasteiger charge is 2.36. The number of aryl methyl sites for hydroxylation is 1. The first-order valence-corrected chi connectivity index (χ1v) is 10.2. The van der Waals surface area contributed by atoms with E-state index in [1.165, 1.54) is 0 Å². The molecule has 2 aromatic rings. The van der Waals surface area contributed by atoms with Gasteiger partial charge in [-0.1, -0.05) is 28.9 Å². The number of imidazole rings is 1. The van der Waals surface area contributed by atoms with Crippen LogP contribution in [0.2, 0.25) is 5.02 Å². The molecule has 1 amide bonds. The van der Waals surface area contributed by atoms with Gasteiger partial charge in [-0.2, -0.15) is 0 Å². The molecule has 1 saturated heterocycles. The molecule has 4 rings (SSSR count). The molecule has 0 aliphatic carbocycles. The number of benzene rings is 1. The summed E-state index contributed by atoms with van der Waals surface area (Å²) in [6.45, 7) is 1.03. The predicted octanol–water partition coefficient (Wildman–Crippen LogP) is 2.88. The molecule has 0 unspecified atom stereocenters. The van der Waals surface area contributed by atoms with Gasteiger partial charge in [-0.3, -0.25) is 9.59 Å². The van der Waals surface area contributed by atoms with E-state index >= 15 is 0 Å². The summed E-state index contributed by atoms with van der Waals surface area (Å²) >= 11 is 6.03. The largest absolute Gasteiger partial charge is 0.382 e. The van der Waals surface area contributed by atoms with Crippen LogP contribution >= 0.6 is 11.6 Å². The zero-order chi connectivity index (χ0) is 20.4. The van der Waals surface area contributed by atoms with E-state index < -0.39 is 6.10 Å². The molecule has 1 aromatic carbocycles. The van der Waals surface area contributed by atoms with E-state index in [4.69, 9.17) is 16.4 Å². The fourth-order valence-corrected chi connectivity index (χ4v) is 4.14. The predicted molar refractivity (Wildman–Crippen MR) is 109 cm³/mol. The number of oxime groups is 1. The van der Waals surface area contributed by atoms with Crippen molar-refractivity contribution in [2.75, 3.05) is 13.1 Å². The number of likely N-dealkylation sites (tertiary alicyclic amines) is 1. The number of aromatic nitrogens is 2. The molecule has 0 spiro atoms. The van der Waals surface area contributed by atoms with Crippen LogP contribution in [-0.4, -0.2) is 51.0 Å². The van der Waals surface area contributed by atoms with E-state index in [9.17, 15) is 9.59 Å². The number of carbonyl (C=O) groups is 2. The summed E-state index contributed by atoms with van der Waals surface area (Å²) in [6.07, 6.45) is 5.36. The zero-order valence-electron chi connectivity index (χ0n) is 16.3. The summed E-state index contributed by atoms with van der Waals surface area (Å²) < 4.78 is 1.72. The van der Waals surface area contributed by atoms with E-state index in [0.717, 1.165) is 24.1 Å². The maximum Gasteiger partial charge on any atom is 0.266 e. The lowest BCUT2D eigenvalue weighted by atomic mass is 9.92. The number of piperidine rings is 1. The fraction of sp³-hybridized carbons (Fsp3) is 0.429. The van der Waals surface area contributed by atoms with E-state index in [1.807, 2.05) is 24.3 Å². The molecule has 3 heterocycles. The van der Waals surface area contributed by atoms with Crippen LogP contribution in [0.25, 0.3) is 0 Å². The van der Waals surface area contributed by atoms with Crippen LogP contribution in [0.15, 0.2) is 41.8 Å². The fourth-order valence-electron chi connectivity index (χ4n) is 3.93. The maximum atomic E-state index is 12.9. The van der Waals surface area contributed by atoms with Gasteiger partial charge in [0.1, 0.15) is 0 Å². The molecule has 2 atom stereocenters. The van der Waals surface area contributed by atoms with Gasteiger partial charge < -0.3 is 14.3 Å². The molecule has 0 N–H and O–H groups in total. The number of carbonyl (C=O) groups excluding carboxylic acids is 2. The SMILES string of the molecule is Cn1ccnc1C(=O)[C@@H]1CCCN(C(=O)[C@@H]2CC(Cc3cccc(Cl)c3)=NO2)C1. The maximum absolute atomic E-state index is 12.9. The average molecular weight is 415 g/mol. The van der Waals surface area contributed by atoms with Crippen LogP contribution in [0, 0.1) is 5.92 Å². The third kappa shape index (κ3) is 4.34. The molecular weight excluding hydrogens is 392 g/mol. The molecule has 0 saturated carbocycles. The van der Waals surface area contributed by atoms with Crippen LogP contribution in [0.5, 0.6) is 0 Å². The molecule has 1 fully saturated rings. The van der Waals surface area contributed by atoms with Gasteiger partial charge in [0.2, 0.25) is 11.9 Å². The first-order valence-electron chi connectivity index (χ1n) is 9.77. The molecule has 0 radical (unpaired) electrons. The summed E-state index contributed by atoms with van der Waals surface area (Å²) in [7, 11) is 1.80. The van der Waals surface area contributed by atoms with Crippen LogP contribution in [0.3, 0.4) is 0 Å². The Morgan fingerprint density at radius 1 is 1.34 bits per heavy atom. The average Bonchev–Trinajstić information content (AvgIpc) is 3.36. The van der Waals surface area contributed by atoms with E-state index in [2.05, 4.69) is 10.1 Å². The third-order valence-electron chi connectivity index (χ3n) is 5.45. The van der Waals surface area contributed by atoms with Gasteiger partial charge in [0.15, 0.2) is 5.82 Å².